The summed E-state index contributed by atoms with van der Waals surface area (Å²) in [6, 6.07) is 6.17. The number of rotatable bonds is 7. The van der Waals surface area contributed by atoms with Crippen LogP contribution in [0.1, 0.15) is 18.0 Å². The van der Waals surface area contributed by atoms with Crippen LogP contribution in [0.15, 0.2) is 18.2 Å². The third kappa shape index (κ3) is 4.78. The van der Waals surface area contributed by atoms with Crippen molar-refractivity contribution in [2.45, 2.75) is 18.6 Å². The summed E-state index contributed by atoms with van der Waals surface area (Å²) in [5.74, 6) is 2.94. The van der Waals surface area contributed by atoms with Gasteiger partial charge >= 0.3 is 0 Å². The second-order valence-electron chi connectivity index (χ2n) is 4.97. The number of aliphatic hydroxyl groups excluding tert-OH is 2. The normalized spacial score (nSPS) is 17.1. The van der Waals surface area contributed by atoms with Crippen molar-refractivity contribution in [1.29, 1.82) is 0 Å². The van der Waals surface area contributed by atoms with E-state index in [-0.39, 0.29) is 12.6 Å². The Morgan fingerprint density at radius 1 is 1.24 bits per heavy atom. The fourth-order valence-corrected chi connectivity index (χ4v) is 3.23. The Morgan fingerprint density at radius 3 is 2.71 bits per heavy atom. The van der Waals surface area contributed by atoms with E-state index in [0.717, 1.165) is 29.2 Å². The first kappa shape index (κ1) is 16.4. The van der Waals surface area contributed by atoms with Gasteiger partial charge in [0.15, 0.2) is 11.5 Å². The molecule has 2 rings (SSSR count). The molecular weight excluding hydrogens is 290 g/mol. The molecule has 1 aromatic carbocycles. The maximum Gasteiger partial charge on any atom is 0.161 e. The highest BCUT2D eigenvalue weighted by atomic mass is 32.2. The summed E-state index contributed by atoms with van der Waals surface area (Å²) in [6.45, 7) is 1.18. The molecule has 0 aliphatic carbocycles. The zero-order valence-electron chi connectivity index (χ0n) is 12.2. The van der Waals surface area contributed by atoms with E-state index in [1.54, 1.807) is 11.8 Å². The molecule has 6 heteroatoms. The molecule has 1 heterocycles. The van der Waals surface area contributed by atoms with Gasteiger partial charge in [0.1, 0.15) is 0 Å². The molecule has 1 aliphatic rings. The number of aliphatic hydroxyl groups is 2. The molecule has 1 aromatic rings. The predicted octanol–water partition coefficient (Wildman–Crippen LogP) is 1.19. The molecule has 5 nitrogen and oxygen atoms in total. The average Bonchev–Trinajstić information content (AvgIpc) is 2.75. The molecule has 0 radical (unpaired) electrons. The molecule has 0 saturated carbocycles. The van der Waals surface area contributed by atoms with Gasteiger partial charge in [-0.15, -0.1) is 0 Å². The van der Waals surface area contributed by atoms with E-state index < -0.39 is 6.10 Å². The van der Waals surface area contributed by atoms with Crippen molar-refractivity contribution < 1.29 is 19.7 Å². The lowest BCUT2D eigenvalue weighted by Crippen LogP contribution is -2.21. The second kappa shape index (κ2) is 8.48. The average molecular weight is 313 g/mol. The predicted molar refractivity (Wildman–Crippen MR) is 84.3 cm³/mol. The van der Waals surface area contributed by atoms with E-state index >= 15 is 0 Å². The first-order chi connectivity index (χ1) is 10.2. The summed E-state index contributed by atoms with van der Waals surface area (Å²) < 4.78 is 11.3. The molecule has 0 bridgehead atoms. The van der Waals surface area contributed by atoms with Crippen molar-refractivity contribution in [2.24, 2.45) is 0 Å². The molecule has 2 atom stereocenters. The molecule has 2 unspecified atom stereocenters. The van der Waals surface area contributed by atoms with Crippen LogP contribution in [-0.4, -0.2) is 54.7 Å². The van der Waals surface area contributed by atoms with Gasteiger partial charge in [-0.05, 0) is 24.7 Å². The number of nitrogens with one attached hydrogen (secondary N) is 1. The Labute approximate surface area is 129 Å². The van der Waals surface area contributed by atoms with Gasteiger partial charge in [0, 0.05) is 24.0 Å². The monoisotopic (exact) mass is 313 g/mol. The van der Waals surface area contributed by atoms with Crippen molar-refractivity contribution >= 4 is 11.8 Å². The maximum atomic E-state index is 9.38. The topological polar surface area (TPSA) is 71.0 Å². The molecule has 0 saturated heterocycles. The van der Waals surface area contributed by atoms with Crippen LogP contribution in [0.25, 0.3) is 0 Å². The lowest BCUT2D eigenvalue weighted by Gasteiger charge is -2.18. The van der Waals surface area contributed by atoms with E-state index in [0.29, 0.717) is 19.0 Å². The van der Waals surface area contributed by atoms with Gasteiger partial charge in [-0.3, -0.25) is 0 Å². The zero-order valence-corrected chi connectivity index (χ0v) is 13.1. The highest BCUT2D eigenvalue weighted by Crippen LogP contribution is 2.33. The minimum atomic E-state index is -0.656. The molecule has 3 N–H and O–H groups in total. The van der Waals surface area contributed by atoms with Crippen LogP contribution in [0, 0.1) is 0 Å². The van der Waals surface area contributed by atoms with Crippen LogP contribution >= 0.6 is 11.8 Å². The SMILES string of the molecule is CNC(CSCC(O)CO)c1ccc2c(c1)OCCCO2. The molecule has 1 aliphatic heterocycles. The van der Waals surface area contributed by atoms with E-state index in [1.165, 1.54) is 0 Å². The van der Waals surface area contributed by atoms with Gasteiger partial charge in [0.2, 0.25) is 0 Å². The number of ether oxygens (including phenoxy) is 2. The Kier molecular flexibility index (Phi) is 6.63. The number of fused-ring (bicyclic) bond motifs is 1. The summed E-state index contributed by atoms with van der Waals surface area (Å²) in [7, 11) is 1.91. The molecule has 0 amide bonds. The molecule has 118 valence electrons. The van der Waals surface area contributed by atoms with Crippen LogP contribution in [0.2, 0.25) is 0 Å². The molecule has 0 fully saturated rings. The Hall–Kier alpha value is -0.950. The molecule has 21 heavy (non-hydrogen) atoms. The first-order valence-electron chi connectivity index (χ1n) is 7.18. The lowest BCUT2D eigenvalue weighted by atomic mass is 10.1. The van der Waals surface area contributed by atoms with E-state index in [9.17, 15) is 5.11 Å². The summed E-state index contributed by atoms with van der Waals surface area (Å²) in [5.41, 5.74) is 1.13. The summed E-state index contributed by atoms with van der Waals surface area (Å²) in [5, 5.41) is 21.5. The van der Waals surface area contributed by atoms with Crippen molar-refractivity contribution in [3.63, 3.8) is 0 Å². The van der Waals surface area contributed by atoms with Gasteiger partial charge in [-0.1, -0.05) is 6.07 Å². The lowest BCUT2D eigenvalue weighted by molar-refractivity contribution is 0.113. The molecule has 0 spiro atoms. The maximum absolute atomic E-state index is 9.38. The van der Waals surface area contributed by atoms with Crippen LogP contribution in [0.5, 0.6) is 11.5 Å². The van der Waals surface area contributed by atoms with Crippen LogP contribution in [0.4, 0.5) is 0 Å². The van der Waals surface area contributed by atoms with Crippen molar-refractivity contribution in [2.75, 3.05) is 38.4 Å². The van der Waals surface area contributed by atoms with E-state index in [4.69, 9.17) is 14.6 Å². The minimum absolute atomic E-state index is 0.165. The Balaban J connectivity index is 1.99. The van der Waals surface area contributed by atoms with Gasteiger partial charge in [-0.25, -0.2) is 0 Å². The van der Waals surface area contributed by atoms with Crippen LogP contribution < -0.4 is 14.8 Å². The van der Waals surface area contributed by atoms with Crippen molar-refractivity contribution in [3.8, 4) is 11.5 Å². The van der Waals surface area contributed by atoms with Crippen molar-refractivity contribution in [3.05, 3.63) is 23.8 Å². The smallest absolute Gasteiger partial charge is 0.161 e. The van der Waals surface area contributed by atoms with Gasteiger partial charge in [0.05, 0.1) is 25.9 Å². The number of benzene rings is 1. The zero-order chi connectivity index (χ0) is 15.1. The van der Waals surface area contributed by atoms with Crippen molar-refractivity contribution in [1.82, 2.24) is 5.32 Å². The highest BCUT2D eigenvalue weighted by molar-refractivity contribution is 7.99. The number of hydrogen-bond donors (Lipinski definition) is 3. The van der Waals surface area contributed by atoms with Crippen LogP contribution in [0.3, 0.4) is 0 Å². The quantitative estimate of drug-likeness (QED) is 0.702. The third-order valence-corrected chi connectivity index (χ3v) is 4.52. The number of hydrogen-bond acceptors (Lipinski definition) is 6. The number of thioether (sulfide) groups is 1. The summed E-state index contributed by atoms with van der Waals surface area (Å²) in [4.78, 5) is 0. The third-order valence-electron chi connectivity index (χ3n) is 3.33. The first-order valence-corrected chi connectivity index (χ1v) is 8.33. The summed E-state index contributed by atoms with van der Waals surface area (Å²) in [6.07, 6.45) is 0.241. The van der Waals surface area contributed by atoms with Gasteiger partial charge in [-0.2, -0.15) is 11.8 Å². The van der Waals surface area contributed by atoms with Gasteiger partial charge < -0.3 is 25.0 Å². The summed E-state index contributed by atoms with van der Waals surface area (Å²) >= 11 is 1.61. The Bertz CT molecular complexity index is 444. The second-order valence-corrected chi connectivity index (χ2v) is 6.05. The Morgan fingerprint density at radius 2 is 2.00 bits per heavy atom. The minimum Gasteiger partial charge on any atom is -0.490 e. The molecule has 0 aromatic heterocycles. The standard InChI is InChI=1S/C15H23NO4S/c1-16-13(10-21-9-12(18)8-17)11-3-4-14-15(7-11)20-6-2-5-19-14/h3-4,7,12-13,16-18H,2,5-6,8-10H2,1H3. The largest absolute Gasteiger partial charge is 0.490 e. The van der Waals surface area contributed by atoms with Crippen LogP contribution in [-0.2, 0) is 0 Å². The van der Waals surface area contributed by atoms with Gasteiger partial charge in [0.25, 0.3) is 0 Å². The fraction of sp³-hybridized carbons (Fsp3) is 0.600. The highest BCUT2D eigenvalue weighted by Gasteiger charge is 2.16. The fourth-order valence-electron chi connectivity index (χ4n) is 2.12. The molecular formula is C15H23NO4S. The van der Waals surface area contributed by atoms with E-state index in [2.05, 4.69) is 5.32 Å². The van der Waals surface area contributed by atoms with E-state index in [1.807, 2.05) is 25.2 Å².